The van der Waals surface area contributed by atoms with Gasteiger partial charge in [-0.15, -0.1) is 0 Å². The maximum absolute atomic E-state index is 12.6. The van der Waals surface area contributed by atoms with Crippen LogP contribution < -0.4 is 16.0 Å². The van der Waals surface area contributed by atoms with Crippen LogP contribution in [-0.2, 0) is 0 Å². The van der Waals surface area contributed by atoms with Gasteiger partial charge in [0.1, 0.15) is 0 Å². The van der Waals surface area contributed by atoms with E-state index in [1.54, 1.807) is 42.5 Å². The van der Waals surface area contributed by atoms with Gasteiger partial charge >= 0.3 is 12.0 Å². The van der Waals surface area contributed by atoms with Crippen molar-refractivity contribution in [1.29, 1.82) is 0 Å². The highest BCUT2D eigenvalue weighted by Gasteiger charge is 2.15. The largest absolute Gasteiger partial charge is 0.478 e. The lowest BCUT2D eigenvalue weighted by Crippen LogP contribution is -2.20. The predicted molar refractivity (Wildman–Crippen MR) is 125 cm³/mol. The van der Waals surface area contributed by atoms with Crippen LogP contribution in [0.5, 0.6) is 0 Å². The van der Waals surface area contributed by atoms with Crippen molar-refractivity contribution in [3.8, 4) is 0 Å². The lowest BCUT2D eigenvalue weighted by atomic mass is 10.1. The number of rotatable bonds is 6. The molecule has 4 N–H and O–H groups in total. The van der Waals surface area contributed by atoms with Crippen LogP contribution in [0.15, 0.2) is 71.2 Å². The molecule has 0 unspecified atom stereocenters. The van der Waals surface area contributed by atoms with E-state index < -0.39 is 17.9 Å². The van der Waals surface area contributed by atoms with E-state index >= 15 is 0 Å². The van der Waals surface area contributed by atoms with Crippen molar-refractivity contribution in [1.82, 2.24) is 0 Å². The number of nitrogens with one attached hydrogen (secondary N) is 3. The number of urea groups is 1. The molecule has 3 rings (SSSR count). The highest BCUT2D eigenvalue weighted by atomic mass is 79.9. The molecule has 0 aliphatic carbocycles. The van der Waals surface area contributed by atoms with Gasteiger partial charge in [-0.05, 0) is 55.5 Å². The summed E-state index contributed by atoms with van der Waals surface area (Å²) < 4.78 is 0.568. The van der Waals surface area contributed by atoms with Crippen molar-refractivity contribution >= 4 is 56.7 Å². The molecule has 3 amide bonds. The molecule has 0 aromatic heterocycles. The van der Waals surface area contributed by atoms with Crippen LogP contribution in [-0.4, -0.2) is 28.8 Å². The predicted octanol–water partition coefficient (Wildman–Crippen LogP) is 5.25. The minimum atomic E-state index is -1.18. The van der Waals surface area contributed by atoms with Gasteiger partial charge in [-0.3, -0.25) is 9.59 Å². The van der Waals surface area contributed by atoms with Crippen molar-refractivity contribution in [2.24, 2.45) is 0 Å². The van der Waals surface area contributed by atoms with E-state index in [9.17, 15) is 24.3 Å². The molecular formula is C23H18BrN3O5. The fraction of sp³-hybridized carbons (Fsp3) is 0.0435. The Morgan fingerprint density at radius 3 is 1.97 bits per heavy atom. The van der Waals surface area contributed by atoms with Crippen molar-refractivity contribution in [2.75, 3.05) is 16.0 Å². The first-order valence-electron chi connectivity index (χ1n) is 9.36. The Morgan fingerprint density at radius 2 is 1.38 bits per heavy atom. The van der Waals surface area contributed by atoms with Gasteiger partial charge in [0.2, 0.25) is 0 Å². The highest BCUT2D eigenvalue weighted by molar-refractivity contribution is 9.10. The molecule has 3 aromatic rings. The molecule has 0 fully saturated rings. The minimum Gasteiger partial charge on any atom is -0.478 e. The van der Waals surface area contributed by atoms with Crippen molar-refractivity contribution in [3.05, 3.63) is 87.9 Å². The summed E-state index contributed by atoms with van der Waals surface area (Å²) in [7, 11) is 0. The number of anilines is 3. The zero-order valence-corrected chi connectivity index (χ0v) is 18.4. The number of amides is 3. The normalized spacial score (nSPS) is 10.2. The molecule has 9 heteroatoms. The van der Waals surface area contributed by atoms with Crippen molar-refractivity contribution in [3.63, 3.8) is 0 Å². The van der Waals surface area contributed by atoms with E-state index in [-0.39, 0.29) is 22.6 Å². The summed E-state index contributed by atoms with van der Waals surface area (Å²) in [6.45, 7) is 1.43. The summed E-state index contributed by atoms with van der Waals surface area (Å²) in [5, 5.41) is 17.2. The first kappa shape index (κ1) is 22.7. The average molecular weight is 496 g/mol. The van der Waals surface area contributed by atoms with Crippen LogP contribution in [0.25, 0.3) is 0 Å². The molecule has 0 radical (unpaired) electrons. The van der Waals surface area contributed by atoms with Gasteiger partial charge < -0.3 is 21.1 Å². The number of carbonyl (C=O) groups is 4. The standard InChI is InChI=1S/C23H18BrN3O5/c1-13(28)14-4-2-6-17(10-14)25-23(32)26-18-7-3-5-15(11-18)21(29)27-20-9-8-16(24)12-19(20)22(30)31/h2-12H,1H3,(H,27,29)(H,30,31)(H2,25,26,32). The van der Waals surface area contributed by atoms with E-state index in [0.29, 0.717) is 21.4 Å². The molecule has 0 spiro atoms. The fourth-order valence-corrected chi connectivity index (χ4v) is 3.21. The van der Waals surface area contributed by atoms with E-state index in [1.807, 2.05) is 0 Å². The summed E-state index contributed by atoms with van der Waals surface area (Å²) in [5.74, 6) is -1.83. The summed E-state index contributed by atoms with van der Waals surface area (Å²) in [5.41, 5.74) is 1.57. The number of halogens is 1. The SMILES string of the molecule is CC(=O)c1cccc(NC(=O)Nc2cccc(C(=O)Nc3ccc(Br)cc3C(=O)O)c2)c1. The number of aromatic carboxylic acids is 1. The van der Waals surface area contributed by atoms with Crippen molar-refractivity contribution in [2.45, 2.75) is 6.92 Å². The second-order valence-electron chi connectivity index (χ2n) is 6.75. The molecule has 3 aromatic carbocycles. The summed E-state index contributed by atoms with van der Waals surface area (Å²) in [6, 6.07) is 16.6. The zero-order valence-electron chi connectivity index (χ0n) is 16.8. The van der Waals surface area contributed by atoms with Crippen LogP contribution in [0.1, 0.15) is 38.0 Å². The average Bonchev–Trinajstić information content (AvgIpc) is 2.75. The lowest BCUT2D eigenvalue weighted by Gasteiger charge is -2.11. The Bertz CT molecular complexity index is 1230. The monoisotopic (exact) mass is 495 g/mol. The van der Waals surface area contributed by atoms with Gasteiger partial charge in [-0.25, -0.2) is 9.59 Å². The van der Waals surface area contributed by atoms with Gasteiger partial charge in [0.05, 0.1) is 11.3 Å². The summed E-state index contributed by atoms with van der Waals surface area (Å²) in [4.78, 5) is 47.8. The minimum absolute atomic E-state index is 0.0610. The molecule has 8 nitrogen and oxygen atoms in total. The maximum atomic E-state index is 12.6. The molecular weight excluding hydrogens is 478 g/mol. The Hall–Kier alpha value is -3.98. The molecule has 32 heavy (non-hydrogen) atoms. The molecule has 0 aliphatic heterocycles. The summed E-state index contributed by atoms with van der Waals surface area (Å²) in [6.07, 6.45) is 0. The smallest absolute Gasteiger partial charge is 0.337 e. The van der Waals surface area contributed by atoms with Gasteiger partial charge in [0.25, 0.3) is 5.91 Å². The molecule has 0 aliphatic rings. The van der Waals surface area contributed by atoms with Crippen LogP contribution >= 0.6 is 15.9 Å². The zero-order chi connectivity index (χ0) is 23.3. The topological polar surface area (TPSA) is 125 Å². The van der Waals surface area contributed by atoms with Crippen LogP contribution in [0.4, 0.5) is 21.9 Å². The van der Waals surface area contributed by atoms with E-state index in [1.165, 1.54) is 31.2 Å². The second kappa shape index (κ2) is 9.88. The van der Waals surface area contributed by atoms with Crippen LogP contribution in [0.3, 0.4) is 0 Å². The second-order valence-corrected chi connectivity index (χ2v) is 7.66. The number of benzene rings is 3. The van der Waals surface area contributed by atoms with Gasteiger partial charge in [-0.1, -0.05) is 34.1 Å². The maximum Gasteiger partial charge on any atom is 0.337 e. The Balaban J connectivity index is 1.71. The van der Waals surface area contributed by atoms with E-state index in [0.717, 1.165) is 0 Å². The first-order chi connectivity index (χ1) is 15.2. The quantitative estimate of drug-likeness (QED) is 0.347. The van der Waals surface area contributed by atoms with E-state index in [2.05, 4.69) is 31.9 Å². The number of hydrogen-bond donors (Lipinski definition) is 4. The fourth-order valence-electron chi connectivity index (χ4n) is 2.84. The lowest BCUT2D eigenvalue weighted by molar-refractivity contribution is 0.0697. The van der Waals surface area contributed by atoms with Crippen LogP contribution in [0.2, 0.25) is 0 Å². The molecule has 162 valence electrons. The Labute approximate surface area is 191 Å². The third-order valence-electron chi connectivity index (χ3n) is 4.37. The first-order valence-corrected chi connectivity index (χ1v) is 10.2. The van der Waals surface area contributed by atoms with E-state index in [4.69, 9.17) is 0 Å². The number of carboxylic acids is 1. The van der Waals surface area contributed by atoms with Crippen LogP contribution in [0, 0.1) is 0 Å². The number of Topliss-reactive ketones (excluding diaryl/α,β-unsaturated/α-hetero) is 1. The number of ketones is 1. The number of carboxylic acid groups (broad SMARTS) is 1. The molecule has 0 atom stereocenters. The third-order valence-corrected chi connectivity index (χ3v) is 4.86. The Kier molecular flexibility index (Phi) is 7.01. The molecule has 0 saturated heterocycles. The number of hydrogen-bond acceptors (Lipinski definition) is 4. The van der Waals surface area contributed by atoms with Gasteiger partial charge in [0, 0.05) is 27.0 Å². The molecule has 0 heterocycles. The van der Waals surface area contributed by atoms with Gasteiger partial charge in [-0.2, -0.15) is 0 Å². The Morgan fingerprint density at radius 1 is 0.781 bits per heavy atom. The molecule has 0 bridgehead atoms. The molecule has 0 saturated carbocycles. The van der Waals surface area contributed by atoms with Gasteiger partial charge in [0.15, 0.2) is 5.78 Å². The third kappa shape index (κ3) is 5.79. The highest BCUT2D eigenvalue weighted by Crippen LogP contribution is 2.22. The summed E-state index contributed by atoms with van der Waals surface area (Å²) >= 11 is 3.20. The number of carbonyl (C=O) groups excluding carboxylic acids is 3. The van der Waals surface area contributed by atoms with Crippen molar-refractivity contribution < 1.29 is 24.3 Å².